The van der Waals surface area contributed by atoms with Crippen molar-refractivity contribution in [3.8, 4) is 0 Å². The van der Waals surface area contributed by atoms with E-state index in [9.17, 15) is 9.50 Å². The Morgan fingerprint density at radius 3 is 2.50 bits per heavy atom. The molecule has 2 heterocycles. The molecule has 2 unspecified atom stereocenters. The zero-order chi connectivity index (χ0) is 11.6. The van der Waals surface area contributed by atoms with Crippen molar-refractivity contribution in [3.05, 3.63) is 0 Å². The third kappa shape index (κ3) is 2.55. The topological polar surface area (TPSA) is 32.7 Å². The van der Waals surface area contributed by atoms with E-state index in [1.165, 1.54) is 0 Å². The average Bonchev–Trinajstić information content (AvgIpc) is 2.21. The molecule has 16 heavy (non-hydrogen) atoms. The molecule has 0 aromatic heterocycles. The molecule has 0 amide bonds. The minimum Gasteiger partial charge on any atom is -0.390 e. The number of ether oxygens (including phenoxy) is 1. The lowest BCUT2D eigenvalue weighted by Gasteiger charge is -2.50. The van der Waals surface area contributed by atoms with Crippen LogP contribution in [0.2, 0.25) is 0 Å². The molecule has 0 aliphatic carbocycles. The number of rotatable bonds is 4. The minimum absolute atomic E-state index is 0.272. The van der Waals surface area contributed by atoms with Crippen LogP contribution in [-0.2, 0) is 4.74 Å². The fourth-order valence-corrected chi connectivity index (χ4v) is 2.99. The van der Waals surface area contributed by atoms with Crippen molar-refractivity contribution < 1.29 is 14.2 Å². The number of aliphatic hydroxyl groups is 1. The number of hydrogen-bond donors (Lipinski definition) is 1. The molecular formula is C12H22FNO2. The molecule has 2 fully saturated rings. The summed E-state index contributed by atoms with van der Waals surface area (Å²) in [5.41, 5.74) is -0.583. The van der Waals surface area contributed by atoms with Gasteiger partial charge in [-0.25, -0.2) is 0 Å². The van der Waals surface area contributed by atoms with Crippen LogP contribution in [0.3, 0.4) is 0 Å². The maximum absolute atomic E-state index is 12.1. The van der Waals surface area contributed by atoms with E-state index in [0.717, 1.165) is 38.9 Å². The Labute approximate surface area is 96.6 Å². The van der Waals surface area contributed by atoms with Crippen molar-refractivity contribution in [1.29, 1.82) is 0 Å². The third-order valence-electron chi connectivity index (χ3n) is 4.03. The Kier molecular flexibility index (Phi) is 3.82. The van der Waals surface area contributed by atoms with E-state index in [2.05, 4.69) is 11.9 Å². The van der Waals surface area contributed by atoms with E-state index < -0.39 is 5.60 Å². The lowest BCUT2D eigenvalue weighted by Crippen LogP contribution is -2.60. The second-order valence-corrected chi connectivity index (χ2v) is 5.29. The zero-order valence-corrected chi connectivity index (χ0v) is 9.99. The Balaban J connectivity index is 1.92. The predicted molar refractivity (Wildman–Crippen MR) is 60.2 cm³/mol. The van der Waals surface area contributed by atoms with E-state index in [-0.39, 0.29) is 6.67 Å². The van der Waals surface area contributed by atoms with Crippen LogP contribution in [0.15, 0.2) is 0 Å². The number of halogens is 1. The van der Waals surface area contributed by atoms with Gasteiger partial charge in [0.25, 0.3) is 0 Å². The second-order valence-electron chi connectivity index (χ2n) is 5.29. The number of fused-ring (bicyclic) bond motifs is 2. The number of hydrogen-bond acceptors (Lipinski definition) is 3. The van der Waals surface area contributed by atoms with Gasteiger partial charge in [0.2, 0.25) is 0 Å². The third-order valence-corrected chi connectivity index (χ3v) is 4.03. The van der Waals surface area contributed by atoms with Crippen LogP contribution in [0.1, 0.15) is 32.1 Å². The minimum atomic E-state index is -0.583. The summed E-state index contributed by atoms with van der Waals surface area (Å²) in [4.78, 5) is 2.33. The molecule has 1 N–H and O–H groups in total. The maximum Gasteiger partial charge on any atom is 0.0894 e. The van der Waals surface area contributed by atoms with Gasteiger partial charge >= 0.3 is 0 Å². The fourth-order valence-electron chi connectivity index (χ4n) is 2.99. The number of piperidine rings is 1. The molecule has 0 aromatic carbocycles. The SMILES string of the molecule is CN1C2COCC1CC(O)(CCCCF)C2. The molecule has 0 spiro atoms. The fraction of sp³-hybridized carbons (Fsp3) is 1.00. The first-order valence-corrected chi connectivity index (χ1v) is 6.23. The highest BCUT2D eigenvalue weighted by atomic mass is 19.1. The molecular weight excluding hydrogens is 209 g/mol. The first kappa shape index (κ1) is 12.3. The van der Waals surface area contributed by atoms with Gasteiger partial charge in [-0.3, -0.25) is 9.29 Å². The monoisotopic (exact) mass is 231 g/mol. The quantitative estimate of drug-likeness (QED) is 0.741. The van der Waals surface area contributed by atoms with Gasteiger partial charge in [-0.05, 0) is 39.2 Å². The predicted octanol–water partition coefficient (Wildman–Crippen LogP) is 1.35. The lowest BCUT2D eigenvalue weighted by molar-refractivity contribution is -0.137. The number of nitrogens with zero attached hydrogens (tertiary/aromatic N) is 1. The summed E-state index contributed by atoms with van der Waals surface area (Å²) in [5.74, 6) is 0. The number of alkyl halides is 1. The molecule has 2 atom stereocenters. The second kappa shape index (κ2) is 4.98. The Hall–Kier alpha value is -0.190. The van der Waals surface area contributed by atoms with Crippen LogP contribution in [0.4, 0.5) is 4.39 Å². The molecule has 2 aliphatic heterocycles. The summed E-state index contributed by atoms with van der Waals surface area (Å²) >= 11 is 0. The number of unbranched alkanes of at least 4 members (excludes halogenated alkanes) is 1. The van der Waals surface area contributed by atoms with Gasteiger partial charge in [-0.2, -0.15) is 0 Å². The first-order valence-electron chi connectivity index (χ1n) is 6.23. The largest absolute Gasteiger partial charge is 0.390 e. The van der Waals surface area contributed by atoms with Crippen LogP contribution >= 0.6 is 0 Å². The van der Waals surface area contributed by atoms with E-state index in [1.54, 1.807) is 0 Å². The molecule has 2 aliphatic rings. The van der Waals surface area contributed by atoms with Gasteiger partial charge in [0.1, 0.15) is 0 Å². The van der Waals surface area contributed by atoms with Crippen LogP contribution in [-0.4, -0.2) is 54.6 Å². The molecule has 2 saturated heterocycles. The Morgan fingerprint density at radius 1 is 1.31 bits per heavy atom. The molecule has 0 saturated carbocycles. The summed E-state index contributed by atoms with van der Waals surface area (Å²) in [6.45, 7) is 1.17. The Morgan fingerprint density at radius 2 is 1.94 bits per heavy atom. The normalized spacial score (nSPS) is 39.9. The van der Waals surface area contributed by atoms with Crippen molar-refractivity contribution >= 4 is 0 Å². The number of likely N-dealkylation sites (N-methyl/N-ethyl adjacent to an activating group) is 1. The van der Waals surface area contributed by atoms with E-state index in [4.69, 9.17) is 4.74 Å². The highest BCUT2D eigenvalue weighted by Crippen LogP contribution is 2.36. The van der Waals surface area contributed by atoms with Crippen molar-refractivity contribution in [2.24, 2.45) is 0 Å². The highest BCUT2D eigenvalue weighted by Gasteiger charge is 2.43. The van der Waals surface area contributed by atoms with Crippen molar-refractivity contribution in [3.63, 3.8) is 0 Å². The van der Waals surface area contributed by atoms with E-state index >= 15 is 0 Å². The standard InChI is InChI=1S/C12H22FNO2/c1-14-10-6-12(15,4-2-3-5-13)7-11(14)9-16-8-10/h10-11,15H,2-9H2,1H3. The van der Waals surface area contributed by atoms with Gasteiger partial charge in [-0.15, -0.1) is 0 Å². The van der Waals surface area contributed by atoms with Crippen molar-refractivity contribution in [2.75, 3.05) is 26.9 Å². The smallest absolute Gasteiger partial charge is 0.0894 e. The van der Waals surface area contributed by atoms with Crippen LogP contribution in [0.25, 0.3) is 0 Å². The summed E-state index contributed by atoms with van der Waals surface area (Å²) in [7, 11) is 2.11. The average molecular weight is 231 g/mol. The molecule has 4 heteroatoms. The molecule has 3 nitrogen and oxygen atoms in total. The molecule has 0 aromatic rings. The summed E-state index contributed by atoms with van der Waals surface area (Å²) in [6, 6.07) is 0.672. The van der Waals surface area contributed by atoms with Crippen LogP contribution < -0.4 is 0 Å². The first-order chi connectivity index (χ1) is 7.64. The summed E-state index contributed by atoms with van der Waals surface area (Å²) in [6.07, 6.45) is 3.64. The van der Waals surface area contributed by atoms with Crippen molar-refractivity contribution in [2.45, 2.75) is 49.8 Å². The van der Waals surface area contributed by atoms with Gasteiger partial charge in [-0.1, -0.05) is 0 Å². The highest BCUT2D eigenvalue weighted by molar-refractivity contribution is 4.97. The Bertz CT molecular complexity index is 223. The lowest BCUT2D eigenvalue weighted by atomic mass is 9.78. The van der Waals surface area contributed by atoms with Crippen LogP contribution in [0.5, 0.6) is 0 Å². The van der Waals surface area contributed by atoms with Crippen LogP contribution in [0, 0.1) is 0 Å². The van der Waals surface area contributed by atoms with E-state index in [0.29, 0.717) is 18.5 Å². The van der Waals surface area contributed by atoms with Gasteiger partial charge in [0.15, 0.2) is 0 Å². The zero-order valence-electron chi connectivity index (χ0n) is 9.99. The van der Waals surface area contributed by atoms with Gasteiger partial charge < -0.3 is 9.84 Å². The summed E-state index contributed by atoms with van der Waals surface area (Å²) in [5, 5.41) is 10.5. The molecule has 0 radical (unpaired) electrons. The summed E-state index contributed by atoms with van der Waals surface area (Å²) < 4.78 is 17.6. The van der Waals surface area contributed by atoms with E-state index in [1.807, 2.05) is 0 Å². The van der Waals surface area contributed by atoms with Gasteiger partial charge in [0, 0.05) is 12.1 Å². The maximum atomic E-state index is 12.1. The van der Waals surface area contributed by atoms with Gasteiger partial charge in [0.05, 0.1) is 25.5 Å². The molecule has 2 rings (SSSR count). The number of morpholine rings is 1. The van der Waals surface area contributed by atoms with Crippen molar-refractivity contribution in [1.82, 2.24) is 4.90 Å². The molecule has 2 bridgehead atoms. The molecule has 94 valence electrons.